The summed E-state index contributed by atoms with van der Waals surface area (Å²) in [7, 11) is 2.16. The normalized spacial score (nSPS) is 22.0. The zero-order valence-electron chi connectivity index (χ0n) is 27.3. The summed E-state index contributed by atoms with van der Waals surface area (Å²) in [6.45, 7) is 9.64. The average Bonchev–Trinajstić information content (AvgIpc) is 3.60. The lowest BCUT2D eigenvalue weighted by Gasteiger charge is -2.32. The van der Waals surface area contributed by atoms with Crippen molar-refractivity contribution in [3.8, 4) is 5.75 Å². The minimum atomic E-state index is -0.142. The van der Waals surface area contributed by atoms with E-state index in [0.29, 0.717) is 18.0 Å². The summed E-state index contributed by atoms with van der Waals surface area (Å²) in [5.41, 5.74) is 5.78. The molecule has 8 nitrogen and oxygen atoms in total. The predicted octanol–water partition coefficient (Wildman–Crippen LogP) is 7.27. The number of aliphatic hydroxyl groups is 1. The number of ether oxygens (including phenoxy) is 1. The highest BCUT2D eigenvalue weighted by atomic mass is 16.5. The number of fused-ring (bicyclic) bond motifs is 2. The van der Waals surface area contributed by atoms with Gasteiger partial charge in [0.05, 0.1) is 18.3 Å². The van der Waals surface area contributed by atoms with Crippen molar-refractivity contribution in [2.45, 2.75) is 102 Å². The minimum Gasteiger partial charge on any atom is -0.484 e. The number of carbonyl (C=O) groups excluding carboxylic acids is 1. The van der Waals surface area contributed by atoms with Crippen LogP contribution in [0.5, 0.6) is 5.75 Å². The monoisotopic (exact) mass is 609 g/mol. The van der Waals surface area contributed by atoms with Gasteiger partial charge in [-0.2, -0.15) is 0 Å². The van der Waals surface area contributed by atoms with E-state index in [2.05, 4.69) is 90.0 Å². The number of nitrogens with one attached hydrogen (secondary N) is 1. The van der Waals surface area contributed by atoms with Crippen LogP contribution in [-0.4, -0.2) is 44.1 Å². The van der Waals surface area contributed by atoms with Gasteiger partial charge in [-0.05, 0) is 105 Å². The summed E-state index contributed by atoms with van der Waals surface area (Å²) in [4.78, 5) is 15.3. The molecule has 0 radical (unpaired) electrons. The molecule has 238 valence electrons. The first-order valence-electron chi connectivity index (χ1n) is 16.4. The lowest BCUT2D eigenvalue weighted by atomic mass is 9.79. The van der Waals surface area contributed by atoms with Gasteiger partial charge < -0.3 is 15.2 Å². The molecular formula is C37H47N5O3. The van der Waals surface area contributed by atoms with E-state index in [-0.39, 0.29) is 29.6 Å². The molecule has 2 aliphatic rings. The van der Waals surface area contributed by atoms with Crippen molar-refractivity contribution < 1.29 is 14.6 Å². The van der Waals surface area contributed by atoms with Gasteiger partial charge in [0.1, 0.15) is 11.9 Å². The van der Waals surface area contributed by atoms with Crippen LogP contribution in [0.2, 0.25) is 0 Å². The van der Waals surface area contributed by atoms with Gasteiger partial charge in [-0.3, -0.25) is 14.1 Å². The molecule has 8 heteroatoms. The van der Waals surface area contributed by atoms with Crippen LogP contribution in [0, 0.1) is 0 Å². The Labute approximate surface area is 266 Å². The maximum atomic E-state index is 13.0. The second kappa shape index (κ2) is 12.6. The molecule has 0 bridgehead atoms. The Balaban J connectivity index is 1.11. The number of likely N-dealkylation sites (tertiary alicyclic amines) is 1. The lowest BCUT2D eigenvalue weighted by molar-refractivity contribution is -0.116. The zero-order chi connectivity index (χ0) is 31.8. The summed E-state index contributed by atoms with van der Waals surface area (Å²) < 4.78 is 8.77. The topological polar surface area (TPSA) is 92.0 Å². The van der Waals surface area contributed by atoms with Crippen LogP contribution in [-0.2, 0) is 22.4 Å². The summed E-state index contributed by atoms with van der Waals surface area (Å²) in [6.07, 6.45) is 8.33. The number of hydrogen-bond donors (Lipinski definition) is 2. The fourth-order valence-electron chi connectivity index (χ4n) is 7.13. The van der Waals surface area contributed by atoms with Gasteiger partial charge in [0, 0.05) is 17.7 Å². The largest absolute Gasteiger partial charge is 0.484 e. The van der Waals surface area contributed by atoms with E-state index in [1.807, 2.05) is 30.3 Å². The third-order valence-electron chi connectivity index (χ3n) is 10.1. The molecule has 1 amide bonds. The van der Waals surface area contributed by atoms with Gasteiger partial charge in [-0.15, -0.1) is 10.2 Å². The first-order valence-corrected chi connectivity index (χ1v) is 16.4. The maximum Gasteiger partial charge on any atom is 0.224 e. The van der Waals surface area contributed by atoms with Crippen LogP contribution in [0.4, 0.5) is 5.69 Å². The summed E-state index contributed by atoms with van der Waals surface area (Å²) in [5, 5.41) is 21.9. The number of anilines is 1. The summed E-state index contributed by atoms with van der Waals surface area (Å²) >= 11 is 0. The number of amides is 1. The van der Waals surface area contributed by atoms with E-state index in [4.69, 9.17) is 4.74 Å². The number of carbonyl (C=O) groups is 1. The smallest absolute Gasteiger partial charge is 0.224 e. The van der Waals surface area contributed by atoms with Crippen LogP contribution in [0.25, 0.3) is 5.65 Å². The van der Waals surface area contributed by atoms with Crippen LogP contribution < -0.4 is 10.1 Å². The molecule has 1 aliphatic heterocycles. The molecule has 1 saturated heterocycles. The standard InChI is InChI=1S/C37H47N5O3/c1-36(2,3)27-16-14-26(24-43)31(22-27)38-34(44)13-8-10-25-15-18-32(30-12-7-6-11-29(25)30)45-28-17-19-33-39-40-35(42(33)23-28)37(4)20-9-21-41(37)5/h6-7,11-12,14,16-17,19,22-23,25,32,43H,8-10,13,15,18,20-21,24H2,1-5H3,(H,38,44)/t25-,32+,37-/m0/s1. The van der Waals surface area contributed by atoms with E-state index >= 15 is 0 Å². The van der Waals surface area contributed by atoms with Crippen molar-refractivity contribution in [2.75, 3.05) is 18.9 Å². The molecule has 3 atom stereocenters. The molecule has 1 aliphatic carbocycles. The second-order valence-electron chi connectivity index (χ2n) is 14.1. The second-order valence-corrected chi connectivity index (χ2v) is 14.1. The Bertz CT molecular complexity index is 1670. The number of aromatic nitrogens is 3. The molecule has 6 rings (SSSR count). The molecule has 1 fully saturated rings. The average molecular weight is 610 g/mol. The molecule has 4 aromatic rings. The lowest BCUT2D eigenvalue weighted by Crippen LogP contribution is -2.37. The van der Waals surface area contributed by atoms with E-state index < -0.39 is 0 Å². The third-order valence-corrected chi connectivity index (χ3v) is 10.1. The third kappa shape index (κ3) is 6.36. The fraction of sp³-hybridized carbons (Fsp3) is 0.486. The van der Waals surface area contributed by atoms with Gasteiger partial charge in [0.25, 0.3) is 0 Å². The van der Waals surface area contributed by atoms with Crippen molar-refractivity contribution in [3.63, 3.8) is 0 Å². The quantitative estimate of drug-likeness (QED) is 0.207. The Morgan fingerprint density at radius 3 is 2.62 bits per heavy atom. The Hall–Kier alpha value is -3.75. The molecule has 3 heterocycles. The Morgan fingerprint density at radius 2 is 1.89 bits per heavy atom. The molecule has 2 aromatic heterocycles. The first-order chi connectivity index (χ1) is 21.6. The molecule has 2 N–H and O–H groups in total. The van der Waals surface area contributed by atoms with Crippen LogP contribution in [0.3, 0.4) is 0 Å². The molecule has 2 aromatic carbocycles. The van der Waals surface area contributed by atoms with E-state index in [0.717, 1.165) is 73.4 Å². The van der Waals surface area contributed by atoms with Gasteiger partial charge >= 0.3 is 0 Å². The number of aliphatic hydroxyl groups excluding tert-OH is 1. The van der Waals surface area contributed by atoms with Crippen LogP contribution >= 0.6 is 0 Å². The van der Waals surface area contributed by atoms with Gasteiger partial charge in [-0.25, -0.2) is 0 Å². The predicted molar refractivity (Wildman–Crippen MR) is 178 cm³/mol. The van der Waals surface area contributed by atoms with Crippen molar-refractivity contribution in [1.29, 1.82) is 0 Å². The van der Waals surface area contributed by atoms with Crippen molar-refractivity contribution >= 4 is 17.2 Å². The van der Waals surface area contributed by atoms with Crippen molar-refractivity contribution in [1.82, 2.24) is 19.5 Å². The number of pyridine rings is 1. The van der Waals surface area contributed by atoms with Crippen molar-refractivity contribution in [2.24, 2.45) is 0 Å². The van der Waals surface area contributed by atoms with E-state index in [1.54, 1.807) is 0 Å². The highest BCUT2D eigenvalue weighted by Crippen LogP contribution is 2.42. The molecule has 0 unspecified atom stereocenters. The number of nitrogens with zero attached hydrogens (tertiary/aromatic N) is 4. The SMILES string of the molecule is CN1CCC[C@@]1(C)c1nnc2ccc(O[C@@H]3CC[C@H](CCCC(=O)Nc4cc(C(C)(C)C)ccc4CO)c4ccccc43)cn12. The molecule has 45 heavy (non-hydrogen) atoms. The number of hydrogen-bond acceptors (Lipinski definition) is 6. The van der Waals surface area contributed by atoms with E-state index in [1.165, 1.54) is 11.1 Å². The highest BCUT2D eigenvalue weighted by molar-refractivity contribution is 5.91. The number of benzene rings is 2. The number of rotatable bonds is 9. The first kappa shape index (κ1) is 31.2. The van der Waals surface area contributed by atoms with E-state index in [9.17, 15) is 9.90 Å². The Kier molecular flexibility index (Phi) is 8.72. The highest BCUT2D eigenvalue weighted by Gasteiger charge is 2.39. The van der Waals surface area contributed by atoms with Crippen LogP contribution in [0.1, 0.15) is 113 Å². The van der Waals surface area contributed by atoms with Crippen molar-refractivity contribution in [3.05, 3.63) is 88.9 Å². The van der Waals surface area contributed by atoms with Gasteiger partial charge in [0.2, 0.25) is 5.91 Å². The molecular weight excluding hydrogens is 562 g/mol. The van der Waals surface area contributed by atoms with Crippen LogP contribution in [0.15, 0.2) is 60.8 Å². The summed E-state index contributed by atoms with van der Waals surface area (Å²) in [6, 6.07) is 18.5. The fourth-order valence-corrected chi connectivity index (χ4v) is 7.13. The molecule has 0 saturated carbocycles. The molecule has 0 spiro atoms. The Morgan fingerprint density at radius 1 is 1.09 bits per heavy atom. The van der Waals surface area contributed by atoms with Gasteiger partial charge in [0.15, 0.2) is 11.5 Å². The maximum absolute atomic E-state index is 13.0. The summed E-state index contributed by atoms with van der Waals surface area (Å²) in [5.74, 6) is 2.16. The minimum absolute atomic E-state index is 0.0116. The van der Waals surface area contributed by atoms with Gasteiger partial charge in [-0.1, -0.05) is 57.2 Å². The zero-order valence-corrected chi connectivity index (χ0v) is 27.3.